The molecular formula is C45H55N5O4. The molecule has 3 unspecified atom stereocenters. The fourth-order valence-corrected chi connectivity index (χ4v) is 6.90. The van der Waals surface area contributed by atoms with E-state index in [-0.39, 0.29) is 23.4 Å². The Kier molecular flexibility index (Phi) is 14.5. The Bertz CT molecular complexity index is 1960. The number of carbonyl (C=O) groups excluding carboxylic acids is 2. The number of nitrogens with zero attached hydrogens (tertiary/aromatic N) is 4. The molecule has 1 N–H and O–H groups in total. The second-order valence-corrected chi connectivity index (χ2v) is 14.8. The highest BCUT2D eigenvalue weighted by atomic mass is 16.6. The maximum absolute atomic E-state index is 13.3. The number of aromatic nitrogens is 4. The number of ether oxygens (including phenoxy) is 1. The molecule has 1 amide bonds. The summed E-state index contributed by atoms with van der Waals surface area (Å²) in [5.74, 6) is 0.882. The van der Waals surface area contributed by atoms with Crippen LogP contribution >= 0.6 is 0 Å². The smallest absolute Gasteiger partial charge is 0.306 e. The summed E-state index contributed by atoms with van der Waals surface area (Å²) in [5, 5.41) is 0. The van der Waals surface area contributed by atoms with Gasteiger partial charge in [-0.3, -0.25) is 9.59 Å². The summed E-state index contributed by atoms with van der Waals surface area (Å²) in [6.07, 6.45) is 18.0. The molecule has 0 saturated heterocycles. The Labute approximate surface area is 320 Å². The molecule has 0 bridgehead atoms. The molecule has 9 heteroatoms. The number of hydrogen-bond donors (Lipinski definition) is 1. The van der Waals surface area contributed by atoms with Crippen molar-refractivity contribution in [3.63, 3.8) is 0 Å². The maximum Gasteiger partial charge on any atom is 0.306 e. The summed E-state index contributed by atoms with van der Waals surface area (Å²) in [7, 11) is 0. The Morgan fingerprint density at radius 3 is 2.37 bits per heavy atom. The van der Waals surface area contributed by atoms with Crippen LogP contribution in [-0.2, 0) is 27.2 Å². The third-order valence-electron chi connectivity index (χ3n) is 10.2. The molecule has 3 atom stereocenters. The fourth-order valence-electron chi connectivity index (χ4n) is 6.90. The number of amides is 1. The van der Waals surface area contributed by atoms with Crippen molar-refractivity contribution in [2.75, 3.05) is 4.90 Å². The van der Waals surface area contributed by atoms with E-state index in [1.54, 1.807) is 12.1 Å². The minimum Gasteiger partial charge on any atom is -0.459 e. The second-order valence-electron chi connectivity index (χ2n) is 14.8. The van der Waals surface area contributed by atoms with Gasteiger partial charge in [-0.2, -0.15) is 0 Å². The van der Waals surface area contributed by atoms with Crippen molar-refractivity contribution in [1.82, 2.24) is 19.9 Å². The van der Waals surface area contributed by atoms with Gasteiger partial charge in [0.1, 0.15) is 11.9 Å². The number of imidazole rings is 1. The van der Waals surface area contributed by atoms with Crippen molar-refractivity contribution in [2.24, 2.45) is 11.8 Å². The highest BCUT2D eigenvalue weighted by molar-refractivity contribution is 6.04. The fraction of sp³-hybridized carbons (Fsp3) is 0.400. The van der Waals surface area contributed by atoms with E-state index in [2.05, 4.69) is 84.0 Å². The maximum atomic E-state index is 13.3. The van der Waals surface area contributed by atoms with Gasteiger partial charge in [-0.15, -0.1) is 0 Å². The lowest BCUT2D eigenvalue weighted by Gasteiger charge is -2.39. The molecule has 3 heterocycles. The van der Waals surface area contributed by atoms with Gasteiger partial charge >= 0.3 is 5.97 Å². The number of hydrogen-bond acceptors (Lipinski definition) is 7. The van der Waals surface area contributed by atoms with E-state index in [4.69, 9.17) is 9.15 Å². The lowest BCUT2D eigenvalue weighted by Crippen LogP contribution is -2.40. The number of aryl methyl sites for hydroxylation is 2. The van der Waals surface area contributed by atoms with Crippen LogP contribution in [0.3, 0.4) is 0 Å². The van der Waals surface area contributed by atoms with Gasteiger partial charge in [0.2, 0.25) is 11.8 Å². The molecule has 1 aliphatic carbocycles. The minimum atomic E-state index is -0.368. The summed E-state index contributed by atoms with van der Waals surface area (Å²) >= 11 is 0. The van der Waals surface area contributed by atoms with Gasteiger partial charge in [-0.25, -0.2) is 19.9 Å². The SMILES string of the molecule is CC(C)=CCCC(C)(OC(=O)CCCc1ccccc1)C1CC=C(C)CC1.CC(CCc1ccccc1)C(=O)N(c1ccco1)c1ncnc2[nH]cnc12. The zero-order valence-electron chi connectivity index (χ0n) is 32.5. The highest BCUT2D eigenvalue weighted by Gasteiger charge is 2.37. The lowest BCUT2D eigenvalue weighted by molar-refractivity contribution is -0.165. The van der Waals surface area contributed by atoms with Crippen molar-refractivity contribution in [1.29, 1.82) is 0 Å². The van der Waals surface area contributed by atoms with Crippen LogP contribution in [0, 0.1) is 11.8 Å². The van der Waals surface area contributed by atoms with Gasteiger partial charge in [0.15, 0.2) is 17.0 Å². The van der Waals surface area contributed by atoms with E-state index in [9.17, 15) is 9.59 Å². The van der Waals surface area contributed by atoms with E-state index < -0.39 is 0 Å². The molecule has 9 nitrogen and oxygen atoms in total. The number of fused-ring (bicyclic) bond motifs is 1. The molecule has 1 aliphatic rings. The molecular weight excluding hydrogens is 675 g/mol. The lowest BCUT2D eigenvalue weighted by atomic mass is 9.76. The number of allylic oxidation sites excluding steroid dienone is 4. The molecule has 3 aromatic heterocycles. The molecule has 0 aliphatic heterocycles. The predicted molar refractivity (Wildman–Crippen MR) is 215 cm³/mol. The van der Waals surface area contributed by atoms with Gasteiger partial charge in [0.25, 0.3) is 0 Å². The first-order valence-corrected chi connectivity index (χ1v) is 19.2. The first-order valence-electron chi connectivity index (χ1n) is 19.2. The molecule has 5 aromatic rings. The van der Waals surface area contributed by atoms with Crippen molar-refractivity contribution in [3.05, 3.63) is 126 Å². The van der Waals surface area contributed by atoms with E-state index in [1.165, 1.54) is 46.1 Å². The predicted octanol–water partition coefficient (Wildman–Crippen LogP) is 10.7. The van der Waals surface area contributed by atoms with Crippen molar-refractivity contribution in [2.45, 2.75) is 104 Å². The topological polar surface area (TPSA) is 114 Å². The van der Waals surface area contributed by atoms with E-state index in [0.717, 1.165) is 57.8 Å². The number of H-pyrrole nitrogens is 1. The first-order chi connectivity index (χ1) is 26.1. The largest absolute Gasteiger partial charge is 0.459 e. The first kappa shape index (κ1) is 39.9. The van der Waals surface area contributed by atoms with Crippen LogP contribution in [0.5, 0.6) is 0 Å². The van der Waals surface area contributed by atoms with Gasteiger partial charge in [0, 0.05) is 24.3 Å². The second kappa shape index (κ2) is 19.7. The number of benzene rings is 2. The molecule has 0 saturated carbocycles. The van der Waals surface area contributed by atoms with Gasteiger partial charge in [-0.1, -0.05) is 90.9 Å². The Hall–Kier alpha value is -5.31. The molecule has 0 radical (unpaired) electrons. The average Bonchev–Trinajstić information content (AvgIpc) is 3.89. The summed E-state index contributed by atoms with van der Waals surface area (Å²) in [4.78, 5) is 43.1. The number of nitrogens with one attached hydrogen (secondary N) is 1. The molecule has 0 fully saturated rings. The van der Waals surface area contributed by atoms with Crippen LogP contribution in [-0.4, -0.2) is 37.4 Å². The molecule has 284 valence electrons. The van der Waals surface area contributed by atoms with Crippen molar-refractivity contribution >= 4 is 34.7 Å². The summed E-state index contributed by atoms with van der Waals surface area (Å²) in [6.45, 7) is 10.5. The average molecular weight is 730 g/mol. The van der Waals surface area contributed by atoms with E-state index >= 15 is 0 Å². The molecule has 6 rings (SSSR count). The van der Waals surface area contributed by atoms with Crippen LogP contribution in [0.1, 0.15) is 97.1 Å². The Balaban J connectivity index is 0.000000208. The number of anilines is 2. The molecule has 0 spiro atoms. The van der Waals surface area contributed by atoms with Crippen LogP contribution in [0.15, 0.2) is 119 Å². The normalized spacial score (nSPS) is 15.6. The van der Waals surface area contributed by atoms with E-state index in [1.807, 2.05) is 43.3 Å². The van der Waals surface area contributed by atoms with Gasteiger partial charge in [0.05, 0.1) is 12.6 Å². The zero-order chi connectivity index (χ0) is 38.3. The zero-order valence-corrected chi connectivity index (χ0v) is 32.5. The van der Waals surface area contributed by atoms with Crippen LogP contribution < -0.4 is 4.90 Å². The van der Waals surface area contributed by atoms with Crippen LogP contribution in [0.2, 0.25) is 0 Å². The summed E-state index contributed by atoms with van der Waals surface area (Å²) < 4.78 is 11.7. The molecule has 54 heavy (non-hydrogen) atoms. The quantitative estimate of drug-likeness (QED) is 0.0842. The van der Waals surface area contributed by atoms with Crippen molar-refractivity contribution < 1.29 is 18.7 Å². The number of aromatic amines is 1. The monoisotopic (exact) mass is 729 g/mol. The van der Waals surface area contributed by atoms with E-state index in [0.29, 0.717) is 35.2 Å². The third-order valence-corrected chi connectivity index (χ3v) is 10.2. The van der Waals surface area contributed by atoms with Crippen LogP contribution in [0.25, 0.3) is 11.2 Å². The Morgan fingerprint density at radius 1 is 1.00 bits per heavy atom. The summed E-state index contributed by atoms with van der Waals surface area (Å²) in [6, 6.07) is 24.0. The van der Waals surface area contributed by atoms with Gasteiger partial charge in [-0.05, 0) is 103 Å². The summed E-state index contributed by atoms with van der Waals surface area (Å²) in [5.41, 5.74) is 6.01. The number of esters is 1. The number of rotatable bonds is 15. The highest BCUT2D eigenvalue weighted by Crippen LogP contribution is 2.38. The third kappa shape index (κ3) is 11.3. The van der Waals surface area contributed by atoms with Crippen LogP contribution in [0.4, 0.5) is 11.7 Å². The number of furan rings is 1. The minimum absolute atomic E-state index is 0.0445. The van der Waals surface area contributed by atoms with Gasteiger partial charge < -0.3 is 14.1 Å². The van der Waals surface area contributed by atoms with Crippen molar-refractivity contribution in [3.8, 4) is 0 Å². The molecule has 2 aromatic carbocycles. The Morgan fingerprint density at radius 2 is 1.72 bits per heavy atom. The standard InChI is InChI=1S/C25H36O2.C20H19N5O2/c1-20(2)10-9-19-25(4,23-17-15-21(3)16-18-23)27-24(26)14-8-13-22-11-6-5-7-12-22;1-14(9-10-15-6-3-2-4-7-15)20(26)25(16-8-5-11-27-16)19-17-18(22-12-21-17)23-13-24-19/h5-7,10-12,15,23H,8-9,13-14,16-19H2,1-4H3;2-8,11-14H,9-10H2,1H3,(H,21,22,23,24). The number of carbonyl (C=O) groups is 2.